The number of allylic oxidation sites excluding steroid dienone is 1. The molecule has 0 saturated carbocycles. The van der Waals surface area contributed by atoms with E-state index in [1.165, 1.54) is 34.6 Å². The van der Waals surface area contributed by atoms with Crippen LogP contribution < -0.4 is 4.90 Å². The first-order valence-electron chi connectivity index (χ1n) is 9.77. The summed E-state index contributed by atoms with van der Waals surface area (Å²) in [6, 6.07) is 25.4. The second kappa shape index (κ2) is 7.59. The molecule has 0 aliphatic heterocycles. The van der Waals surface area contributed by atoms with Gasteiger partial charge < -0.3 is 9.64 Å². The molecule has 0 unspecified atom stereocenters. The lowest BCUT2D eigenvalue weighted by Gasteiger charge is -2.32. The van der Waals surface area contributed by atoms with E-state index < -0.39 is 5.41 Å². The minimum atomic E-state index is -0.521. The second-order valence-electron chi connectivity index (χ2n) is 7.62. The average Bonchev–Trinajstić information content (AvgIpc) is 3.03. The summed E-state index contributed by atoms with van der Waals surface area (Å²) in [7, 11) is 5.62. The van der Waals surface area contributed by atoms with Crippen molar-refractivity contribution in [1.29, 1.82) is 0 Å². The number of carbonyl (C=O) groups excluding carboxylic acids is 1. The fourth-order valence-electron chi connectivity index (χ4n) is 4.44. The van der Waals surface area contributed by atoms with Gasteiger partial charge in [-0.05, 0) is 39.9 Å². The minimum absolute atomic E-state index is 0.0371. The Labute approximate surface area is 172 Å². The molecule has 0 atom stereocenters. The third-order valence-corrected chi connectivity index (χ3v) is 5.77. The summed E-state index contributed by atoms with van der Waals surface area (Å²) in [5.41, 5.74) is 6.49. The van der Waals surface area contributed by atoms with Gasteiger partial charge in [0.25, 0.3) is 0 Å². The number of carbonyl (C=O) groups is 1. The van der Waals surface area contributed by atoms with Crippen LogP contribution in [0.4, 0.5) is 5.69 Å². The summed E-state index contributed by atoms with van der Waals surface area (Å²) < 4.78 is 4.99. The summed E-state index contributed by atoms with van der Waals surface area (Å²) in [6.07, 6.45) is 3.33. The molecule has 0 fully saturated rings. The normalized spacial score (nSPS) is 13.8. The number of benzene rings is 3. The highest BCUT2D eigenvalue weighted by Gasteiger charge is 2.45. The number of nitrogens with zero attached hydrogens (tertiary/aromatic N) is 1. The molecule has 0 spiro atoms. The average molecular weight is 383 g/mol. The van der Waals surface area contributed by atoms with Gasteiger partial charge in [0.15, 0.2) is 5.78 Å². The molecule has 3 aromatic carbocycles. The van der Waals surface area contributed by atoms with Crippen LogP contribution in [0.25, 0.3) is 11.1 Å². The zero-order valence-corrected chi connectivity index (χ0v) is 17.1. The van der Waals surface area contributed by atoms with Gasteiger partial charge in [0.05, 0.1) is 18.8 Å². The Bertz CT molecular complexity index is 1020. The van der Waals surface area contributed by atoms with Crippen LogP contribution in [0, 0.1) is 0 Å². The van der Waals surface area contributed by atoms with Crippen molar-refractivity contribution < 1.29 is 9.53 Å². The molecule has 4 rings (SSSR count). The van der Waals surface area contributed by atoms with Crippen LogP contribution in [0.3, 0.4) is 0 Å². The Morgan fingerprint density at radius 2 is 1.45 bits per heavy atom. The summed E-state index contributed by atoms with van der Waals surface area (Å²) in [4.78, 5) is 15.0. The smallest absolute Gasteiger partial charge is 0.160 e. The number of hydrogen-bond acceptors (Lipinski definition) is 3. The molecule has 0 saturated heterocycles. The molecule has 3 heteroatoms. The van der Waals surface area contributed by atoms with Crippen molar-refractivity contribution in [2.45, 2.75) is 11.8 Å². The lowest BCUT2D eigenvalue weighted by atomic mass is 9.69. The number of fused-ring (bicyclic) bond motifs is 3. The number of ketones is 1. The zero-order valence-electron chi connectivity index (χ0n) is 17.1. The van der Waals surface area contributed by atoms with Gasteiger partial charge in [-0.2, -0.15) is 0 Å². The molecule has 146 valence electrons. The zero-order chi connectivity index (χ0) is 20.4. The van der Waals surface area contributed by atoms with Crippen molar-refractivity contribution in [2.24, 2.45) is 0 Å². The lowest BCUT2D eigenvalue weighted by Crippen LogP contribution is -2.30. The SMILES string of the molecule is CO/C=C\C(=O)CC1(c2ccc(N(C)C)cc2)c2ccccc2-c2ccccc21. The van der Waals surface area contributed by atoms with E-state index in [1.54, 1.807) is 7.11 Å². The first kappa shape index (κ1) is 19.0. The molecular weight excluding hydrogens is 358 g/mol. The number of methoxy groups -OCH3 is 1. The molecule has 29 heavy (non-hydrogen) atoms. The molecule has 0 N–H and O–H groups in total. The molecular formula is C26H25NO2. The molecule has 3 nitrogen and oxygen atoms in total. The molecule has 0 radical (unpaired) electrons. The standard InChI is InChI=1S/C26H25NO2/c1-27(2)20-14-12-19(13-15-20)26(18-21(28)16-17-29-3)24-10-6-4-8-22(24)23-9-5-7-11-25(23)26/h4-17H,18H2,1-3H3/b17-16-. The van der Waals surface area contributed by atoms with Gasteiger partial charge in [0.2, 0.25) is 0 Å². The first-order chi connectivity index (χ1) is 14.1. The molecule has 3 aromatic rings. The van der Waals surface area contributed by atoms with Crippen LogP contribution in [0.5, 0.6) is 0 Å². The monoisotopic (exact) mass is 383 g/mol. The van der Waals surface area contributed by atoms with E-state index in [0.29, 0.717) is 6.42 Å². The quantitative estimate of drug-likeness (QED) is 0.433. The van der Waals surface area contributed by atoms with Gasteiger partial charge in [0, 0.05) is 32.3 Å². The predicted octanol–water partition coefficient (Wildman–Crippen LogP) is 5.19. The van der Waals surface area contributed by atoms with Gasteiger partial charge in [-0.1, -0.05) is 60.7 Å². The highest BCUT2D eigenvalue weighted by Crippen LogP contribution is 2.54. The van der Waals surface area contributed by atoms with Crippen LogP contribution in [-0.2, 0) is 14.9 Å². The van der Waals surface area contributed by atoms with E-state index in [1.807, 2.05) is 14.1 Å². The number of ether oxygens (including phenoxy) is 1. The van der Waals surface area contributed by atoms with Crippen molar-refractivity contribution in [2.75, 3.05) is 26.1 Å². The van der Waals surface area contributed by atoms with Crippen LogP contribution in [0.15, 0.2) is 85.1 Å². The molecule has 0 aromatic heterocycles. The summed E-state index contributed by atoms with van der Waals surface area (Å²) >= 11 is 0. The molecule has 0 heterocycles. The van der Waals surface area contributed by atoms with E-state index in [-0.39, 0.29) is 5.78 Å². The largest absolute Gasteiger partial charge is 0.504 e. The lowest BCUT2D eigenvalue weighted by molar-refractivity contribution is -0.115. The summed E-state index contributed by atoms with van der Waals surface area (Å²) in [6.45, 7) is 0. The highest BCUT2D eigenvalue weighted by molar-refractivity contribution is 5.94. The minimum Gasteiger partial charge on any atom is -0.504 e. The first-order valence-corrected chi connectivity index (χ1v) is 9.77. The van der Waals surface area contributed by atoms with Crippen LogP contribution in [0.2, 0.25) is 0 Å². The Balaban J connectivity index is 1.96. The maximum atomic E-state index is 13.0. The maximum absolute atomic E-state index is 13.0. The molecule has 1 aliphatic rings. The Kier molecular flexibility index (Phi) is 4.98. The summed E-state index contributed by atoms with van der Waals surface area (Å²) in [5.74, 6) is 0.0371. The van der Waals surface area contributed by atoms with Crippen molar-refractivity contribution in [3.63, 3.8) is 0 Å². The van der Waals surface area contributed by atoms with Crippen LogP contribution in [0.1, 0.15) is 23.1 Å². The topological polar surface area (TPSA) is 29.5 Å². The molecule has 1 aliphatic carbocycles. The number of hydrogen-bond donors (Lipinski definition) is 0. The van der Waals surface area contributed by atoms with E-state index in [9.17, 15) is 4.79 Å². The highest BCUT2D eigenvalue weighted by atomic mass is 16.5. The van der Waals surface area contributed by atoms with Gasteiger partial charge >= 0.3 is 0 Å². The van der Waals surface area contributed by atoms with E-state index in [0.717, 1.165) is 11.3 Å². The Morgan fingerprint density at radius 3 is 1.97 bits per heavy atom. The van der Waals surface area contributed by atoms with E-state index in [4.69, 9.17) is 4.74 Å². The fraction of sp³-hybridized carbons (Fsp3) is 0.192. The third-order valence-electron chi connectivity index (χ3n) is 5.77. The third kappa shape index (κ3) is 3.13. The van der Waals surface area contributed by atoms with Crippen molar-refractivity contribution in [3.8, 4) is 11.1 Å². The fourth-order valence-corrected chi connectivity index (χ4v) is 4.44. The Morgan fingerprint density at radius 1 is 0.897 bits per heavy atom. The maximum Gasteiger partial charge on any atom is 0.160 e. The van der Waals surface area contributed by atoms with Gasteiger partial charge in [-0.15, -0.1) is 0 Å². The van der Waals surface area contributed by atoms with Crippen molar-refractivity contribution in [3.05, 3.63) is 102 Å². The van der Waals surface area contributed by atoms with Crippen LogP contribution in [-0.4, -0.2) is 27.0 Å². The Hall–Kier alpha value is -3.33. The van der Waals surface area contributed by atoms with Crippen LogP contribution >= 0.6 is 0 Å². The predicted molar refractivity (Wildman–Crippen MR) is 118 cm³/mol. The van der Waals surface area contributed by atoms with E-state index in [2.05, 4.69) is 77.7 Å². The molecule has 0 amide bonds. The number of anilines is 1. The van der Waals surface area contributed by atoms with E-state index >= 15 is 0 Å². The summed E-state index contributed by atoms with van der Waals surface area (Å²) in [5, 5.41) is 0. The van der Waals surface area contributed by atoms with Gasteiger partial charge in [-0.3, -0.25) is 4.79 Å². The number of rotatable bonds is 6. The second-order valence-corrected chi connectivity index (χ2v) is 7.62. The molecule has 0 bridgehead atoms. The van der Waals surface area contributed by atoms with Gasteiger partial charge in [0.1, 0.15) is 0 Å². The van der Waals surface area contributed by atoms with Crippen molar-refractivity contribution >= 4 is 11.5 Å². The van der Waals surface area contributed by atoms with Gasteiger partial charge in [-0.25, -0.2) is 0 Å². The van der Waals surface area contributed by atoms with Crippen molar-refractivity contribution in [1.82, 2.24) is 0 Å².